The second-order valence-electron chi connectivity index (χ2n) is 8.75. The molecule has 2 saturated heterocycles. The average molecular weight is 487 g/mol. The van der Waals surface area contributed by atoms with E-state index in [0.29, 0.717) is 5.56 Å². The number of benzene rings is 1. The highest BCUT2D eigenvalue weighted by Gasteiger charge is 2.63. The number of amides is 4. The van der Waals surface area contributed by atoms with Crippen LogP contribution in [0.2, 0.25) is 0 Å². The van der Waals surface area contributed by atoms with Crippen molar-refractivity contribution < 1.29 is 28.0 Å². The van der Waals surface area contributed by atoms with E-state index < -0.39 is 41.2 Å². The quantitative estimate of drug-likeness (QED) is 0.487. The van der Waals surface area contributed by atoms with Gasteiger partial charge in [-0.25, -0.2) is 9.18 Å². The molecule has 176 valence electrons. The summed E-state index contributed by atoms with van der Waals surface area (Å²) >= 11 is 0.950. The monoisotopic (exact) mass is 487 g/mol. The molecule has 1 spiro atoms. The third kappa shape index (κ3) is 2.61. The lowest BCUT2D eigenvalue weighted by Gasteiger charge is -2.55. The molecule has 0 aliphatic carbocycles. The molecule has 3 aliphatic rings. The van der Waals surface area contributed by atoms with Crippen molar-refractivity contribution in [3.05, 3.63) is 38.7 Å². The smallest absolute Gasteiger partial charge is 0.328 e. The highest BCUT2D eigenvalue weighted by molar-refractivity contribution is 7.07. The number of carbonyl (C=O) groups is 3. The zero-order valence-electron chi connectivity index (χ0n) is 18.0. The van der Waals surface area contributed by atoms with Gasteiger partial charge in [0, 0.05) is 24.5 Å². The van der Waals surface area contributed by atoms with Gasteiger partial charge in [-0.05, 0) is 25.5 Å². The van der Waals surface area contributed by atoms with Gasteiger partial charge in [0.25, 0.3) is 0 Å². The van der Waals surface area contributed by atoms with E-state index in [1.54, 1.807) is 23.3 Å². The summed E-state index contributed by atoms with van der Waals surface area (Å²) in [7, 11) is 0. The fraction of sp³-hybridized carbons (Fsp3) is 0.381. The van der Waals surface area contributed by atoms with Gasteiger partial charge in [-0.1, -0.05) is 16.5 Å². The Morgan fingerprint density at radius 1 is 1.21 bits per heavy atom. The first kappa shape index (κ1) is 21.0. The first-order valence-electron chi connectivity index (χ1n) is 10.6. The predicted molar refractivity (Wildman–Crippen MR) is 116 cm³/mol. The number of halogens is 1. The van der Waals surface area contributed by atoms with Crippen molar-refractivity contribution >= 4 is 45.8 Å². The van der Waals surface area contributed by atoms with Crippen LogP contribution in [0.25, 0.3) is 16.8 Å². The molecule has 13 heteroatoms. The van der Waals surface area contributed by atoms with Crippen molar-refractivity contribution in [2.75, 3.05) is 11.4 Å². The first-order valence-corrected chi connectivity index (χ1v) is 11.5. The minimum Gasteiger partial charge on any atom is -0.372 e. The van der Waals surface area contributed by atoms with Crippen molar-refractivity contribution in [1.29, 1.82) is 0 Å². The number of ether oxygens (including phenoxy) is 1. The number of hydrogen-bond donors (Lipinski definition) is 2. The van der Waals surface area contributed by atoms with Crippen molar-refractivity contribution in [1.82, 2.24) is 20.4 Å². The van der Waals surface area contributed by atoms with E-state index in [0.717, 1.165) is 11.3 Å². The molecule has 5 heterocycles. The fourth-order valence-corrected chi connectivity index (χ4v) is 6.09. The van der Waals surface area contributed by atoms with Gasteiger partial charge in [-0.15, -0.1) is 0 Å². The molecule has 3 atom stereocenters. The van der Waals surface area contributed by atoms with Gasteiger partial charge in [0.05, 0.1) is 29.3 Å². The number of hydrogen-bond acceptors (Lipinski definition) is 9. The fourth-order valence-electron chi connectivity index (χ4n) is 5.53. The highest BCUT2D eigenvalue weighted by atomic mass is 32.1. The lowest BCUT2D eigenvalue weighted by Crippen LogP contribution is -2.75. The maximum absolute atomic E-state index is 16.0. The summed E-state index contributed by atoms with van der Waals surface area (Å²) < 4.78 is 28.5. The number of aromatic nitrogens is 2. The van der Waals surface area contributed by atoms with Crippen LogP contribution in [0.1, 0.15) is 19.4 Å². The highest BCUT2D eigenvalue weighted by Crippen LogP contribution is 2.49. The van der Waals surface area contributed by atoms with Crippen LogP contribution < -0.4 is 20.4 Å². The summed E-state index contributed by atoms with van der Waals surface area (Å²) in [6.45, 7) is 3.72. The minimum atomic E-state index is -1.74. The molecule has 3 aromatic rings. The maximum Gasteiger partial charge on any atom is 0.328 e. The topological polar surface area (TPSA) is 136 Å². The molecule has 0 radical (unpaired) electrons. The molecule has 0 saturated carbocycles. The Morgan fingerprint density at radius 3 is 2.62 bits per heavy atom. The largest absolute Gasteiger partial charge is 0.372 e. The number of thiazole rings is 1. The van der Waals surface area contributed by atoms with Crippen LogP contribution in [0.5, 0.6) is 0 Å². The molecule has 1 aromatic carbocycles. The van der Waals surface area contributed by atoms with Gasteiger partial charge in [-0.2, -0.15) is 0 Å². The number of carbonyl (C=O) groups excluding carboxylic acids is 3. The number of nitrogens with one attached hydrogen (secondary N) is 2. The molecule has 3 aliphatic heterocycles. The van der Waals surface area contributed by atoms with Gasteiger partial charge in [0.2, 0.25) is 17.4 Å². The van der Waals surface area contributed by atoms with E-state index >= 15 is 4.39 Å². The molecule has 0 unspecified atom stereocenters. The summed E-state index contributed by atoms with van der Waals surface area (Å²) in [4.78, 5) is 51.8. The van der Waals surface area contributed by atoms with Crippen LogP contribution in [-0.2, 0) is 20.7 Å². The SMILES string of the molecule is C[C@@H]1CN2c3c(cc4c(-n5ccsc5=O)noc4c3F)CC3(C(=O)NC(=O)NC3=O)[C@H]2[C@H](C)O1. The molecule has 6 rings (SSSR count). The van der Waals surface area contributed by atoms with E-state index in [1.807, 2.05) is 6.92 Å². The minimum absolute atomic E-state index is 0.107. The van der Waals surface area contributed by atoms with E-state index in [4.69, 9.17) is 9.26 Å². The Hall–Kier alpha value is -3.58. The summed E-state index contributed by atoms with van der Waals surface area (Å²) in [5.41, 5.74) is -1.34. The lowest BCUT2D eigenvalue weighted by atomic mass is 9.66. The number of imide groups is 2. The zero-order valence-corrected chi connectivity index (χ0v) is 18.8. The van der Waals surface area contributed by atoms with Crippen molar-refractivity contribution in [2.45, 2.75) is 38.5 Å². The number of barbiturate groups is 1. The zero-order chi connectivity index (χ0) is 23.9. The van der Waals surface area contributed by atoms with Gasteiger partial charge in [0.1, 0.15) is 0 Å². The van der Waals surface area contributed by atoms with Gasteiger partial charge in [-0.3, -0.25) is 29.6 Å². The van der Waals surface area contributed by atoms with Crippen LogP contribution in [0.3, 0.4) is 0 Å². The first-order chi connectivity index (χ1) is 16.2. The standard InChI is InChI=1S/C21H18FN5O6S/c1-8-7-27-13-10(5-11-14(12(13)22)33-25-16(11)26-3-4-34-20(26)31)6-21(15(27)9(2)32-8)17(28)23-19(30)24-18(21)29/h3-5,8-9,15H,6-7H2,1-2H3,(H2,23,24,28,29,30)/t8-,9+,15-/m1/s1. The summed E-state index contributed by atoms with van der Waals surface area (Å²) in [5.74, 6) is -2.14. The van der Waals surface area contributed by atoms with Crippen LogP contribution in [0.4, 0.5) is 14.9 Å². The number of rotatable bonds is 1. The second-order valence-corrected chi connectivity index (χ2v) is 9.61. The van der Waals surface area contributed by atoms with E-state index in [2.05, 4.69) is 15.8 Å². The predicted octanol–water partition coefficient (Wildman–Crippen LogP) is 1.07. The summed E-state index contributed by atoms with van der Waals surface area (Å²) in [6.07, 6.45) is 0.353. The van der Waals surface area contributed by atoms with Crippen molar-refractivity contribution in [2.24, 2.45) is 5.41 Å². The Kier molecular flexibility index (Phi) is 4.30. The van der Waals surface area contributed by atoms with Gasteiger partial charge in [0.15, 0.2) is 17.1 Å². The molecular weight excluding hydrogens is 469 g/mol. The molecule has 2 N–H and O–H groups in total. The van der Waals surface area contributed by atoms with Crippen LogP contribution >= 0.6 is 11.3 Å². The summed E-state index contributed by atoms with van der Waals surface area (Å²) in [5, 5.41) is 10.1. The van der Waals surface area contributed by atoms with Crippen molar-refractivity contribution in [3.63, 3.8) is 0 Å². The van der Waals surface area contributed by atoms with E-state index in [-0.39, 0.29) is 46.4 Å². The molecule has 34 heavy (non-hydrogen) atoms. The van der Waals surface area contributed by atoms with E-state index in [1.165, 1.54) is 10.8 Å². The molecule has 2 fully saturated rings. The molecule has 4 amide bonds. The third-order valence-corrected chi connectivity index (χ3v) is 7.41. The average Bonchev–Trinajstić information content (AvgIpc) is 3.37. The van der Waals surface area contributed by atoms with Gasteiger partial charge < -0.3 is 14.2 Å². The number of urea groups is 1. The molecular formula is C21H18FN5O6S. The van der Waals surface area contributed by atoms with Gasteiger partial charge >= 0.3 is 10.9 Å². The Balaban J connectivity index is 1.62. The molecule has 0 bridgehead atoms. The number of fused-ring (bicyclic) bond motifs is 5. The molecule has 2 aromatic heterocycles. The second kappa shape index (κ2) is 6.96. The van der Waals surface area contributed by atoms with Crippen LogP contribution in [0.15, 0.2) is 27.0 Å². The third-order valence-electron chi connectivity index (χ3n) is 6.75. The number of morpholine rings is 1. The number of nitrogens with zero attached hydrogens (tertiary/aromatic N) is 3. The maximum atomic E-state index is 16.0. The normalized spacial score (nSPS) is 25.8. The molecule has 11 nitrogen and oxygen atoms in total. The Labute approximate surface area is 194 Å². The van der Waals surface area contributed by atoms with Crippen molar-refractivity contribution in [3.8, 4) is 5.82 Å². The number of anilines is 1. The lowest BCUT2D eigenvalue weighted by molar-refractivity contribution is -0.153. The van der Waals surface area contributed by atoms with E-state index in [9.17, 15) is 19.2 Å². The Morgan fingerprint density at radius 2 is 1.94 bits per heavy atom. The van der Waals surface area contributed by atoms with Crippen LogP contribution in [-0.4, -0.2) is 52.4 Å². The van der Waals surface area contributed by atoms with Crippen LogP contribution in [0, 0.1) is 11.2 Å². The Bertz CT molecular complexity index is 1440. The summed E-state index contributed by atoms with van der Waals surface area (Å²) in [6, 6.07) is -0.197.